The van der Waals surface area contributed by atoms with Gasteiger partial charge in [-0.15, -0.1) is 0 Å². The van der Waals surface area contributed by atoms with Gasteiger partial charge in [-0.3, -0.25) is 4.84 Å². The molecular weight excluding hydrogens is 344 g/mol. The van der Waals surface area contributed by atoms with Crippen LogP contribution in [0, 0.1) is 0 Å². The van der Waals surface area contributed by atoms with Gasteiger partial charge in [0.1, 0.15) is 0 Å². The molecule has 1 amide bonds. The number of nitrogens with two attached hydrogens (primary N) is 1. The molecule has 0 spiro atoms. The van der Waals surface area contributed by atoms with Crippen LogP contribution in [-0.2, 0) is 11.3 Å². The molecule has 0 saturated heterocycles. The second-order valence-electron chi connectivity index (χ2n) is 6.50. The number of primary amides is 1. The molecular formula is C21H24N2O4. The van der Waals surface area contributed by atoms with Crippen molar-refractivity contribution in [2.24, 2.45) is 10.9 Å². The van der Waals surface area contributed by atoms with E-state index in [-0.39, 0.29) is 6.10 Å². The van der Waals surface area contributed by atoms with E-state index in [4.69, 9.17) is 20.0 Å². The van der Waals surface area contributed by atoms with Gasteiger partial charge in [0.25, 0.3) is 0 Å². The molecule has 0 radical (unpaired) electrons. The van der Waals surface area contributed by atoms with Crippen molar-refractivity contribution in [1.29, 1.82) is 0 Å². The van der Waals surface area contributed by atoms with E-state index in [0.29, 0.717) is 23.6 Å². The Morgan fingerprint density at radius 1 is 1.11 bits per heavy atom. The van der Waals surface area contributed by atoms with Gasteiger partial charge in [-0.25, -0.2) is 4.79 Å². The van der Waals surface area contributed by atoms with Crippen LogP contribution in [0.5, 0.6) is 11.5 Å². The maximum atomic E-state index is 11.0. The van der Waals surface area contributed by atoms with Crippen molar-refractivity contribution >= 4 is 11.8 Å². The van der Waals surface area contributed by atoms with Crippen LogP contribution in [0.2, 0.25) is 0 Å². The van der Waals surface area contributed by atoms with Crippen molar-refractivity contribution in [2.45, 2.75) is 38.2 Å². The lowest BCUT2D eigenvalue weighted by atomic mass is 10.0. The number of hydrogen-bond acceptors (Lipinski definition) is 5. The SMILES string of the molecule is COc1ccc(C(Cc2ccccc2)=NOC(N)=O)cc1OC1CCCC1. The Morgan fingerprint density at radius 3 is 2.52 bits per heavy atom. The van der Waals surface area contributed by atoms with Crippen LogP contribution in [0.15, 0.2) is 53.7 Å². The summed E-state index contributed by atoms with van der Waals surface area (Å²) in [5.74, 6) is 1.34. The van der Waals surface area contributed by atoms with Crippen molar-refractivity contribution in [3.63, 3.8) is 0 Å². The summed E-state index contributed by atoms with van der Waals surface area (Å²) in [4.78, 5) is 15.7. The maximum absolute atomic E-state index is 11.0. The second kappa shape index (κ2) is 9.07. The highest BCUT2D eigenvalue weighted by atomic mass is 16.7. The van der Waals surface area contributed by atoms with Crippen LogP contribution in [0.3, 0.4) is 0 Å². The normalized spacial score (nSPS) is 14.8. The van der Waals surface area contributed by atoms with Crippen LogP contribution >= 0.6 is 0 Å². The number of nitrogens with zero attached hydrogens (tertiary/aromatic N) is 1. The summed E-state index contributed by atoms with van der Waals surface area (Å²) in [6.07, 6.45) is 4.19. The van der Waals surface area contributed by atoms with Gasteiger partial charge in [0, 0.05) is 12.0 Å². The smallest absolute Gasteiger partial charge is 0.430 e. The van der Waals surface area contributed by atoms with Crippen LogP contribution in [0.4, 0.5) is 4.79 Å². The highest BCUT2D eigenvalue weighted by molar-refractivity contribution is 6.02. The van der Waals surface area contributed by atoms with E-state index in [2.05, 4.69) is 5.16 Å². The van der Waals surface area contributed by atoms with Gasteiger partial charge in [0.15, 0.2) is 11.5 Å². The molecule has 6 nitrogen and oxygen atoms in total. The van der Waals surface area contributed by atoms with E-state index in [1.807, 2.05) is 48.5 Å². The van der Waals surface area contributed by atoms with Gasteiger partial charge < -0.3 is 15.2 Å². The quantitative estimate of drug-likeness (QED) is 0.454. The summed E-state index contributed by atoms with van der Waals surface area (Å²) < 4.78 is 11.6. The first-order valence-corrected chi connectivity index (χ1v) is 9.08. The first kappa shape index (κ1) is 18.8. The number of benzene rings is 2. The number of ether oxygens (including phenoxy) is 2. The van der Waals surface area contributed by atoms with Crippen molar-refractivity contribution in [2.75, 3.05) is 7.11 Å². The predicted octanol–water partition coefficient (Wildman–Crippen LogP) is 4.06. The average molecular weight is 368 g/mol. The summed E-state index contributed by atoms with van der Waals surface area (Å²) in [5, 5.41) is 3.96. The van der Waals surface area contributed by atoms with E-state index in [9.17, 15) is 4.79 Å². The lowest BCUT2D eigenvalue weighted by Crippen LogP contribution is -2.14. The lowest BCUT2D eigenvalue weighted by Gasteiger charge is -2.17. The molecule has 1 fully saturated rings. The van der Waals surface area contributed by atoms with Crippen LogP contribution in [0.1, 0.15) is 36.8 Å². The molecule has 2 aromatic rings. The third-order valence-corrected chi connectivity index (χ3v) is 4.55. The van der Waals surface area contributed by atoms with Gasteiger partial charge in [0.05, 0.1) is 18.9 Å². The van der Waals surface area contributed by atoms with Crippen molar-refractivity contribution in [1.82, 2.24) is 0 Å². The molecule has 142 valence electrons. The zero-order valence-corrected chi connectivity index (χ0v) is 15.4. The molecule has 1 aliphatic rings. The number of carbonyl (C=O) groups is 1. The van der Waals surface area contributed by atoms with Gasteiger partial charge >= 0.3 is 6.09 Å². The van der Waals surface area contributed by atoms with Gasteiger partial charge in [-0.05, 0) is 49.4 Å². The Kier molecular flexibility index (Phi) is 6.30. The fourth-order valence-corrected chi connectivity index (χ4v) is 3.21. The monoisotopic (exact) mass is 368 g/mol. The second-order valence-corrected chi connectivity index (χ2v) is 6.50. The average Bonchev–Trinajstić information content (AvgIpc) is 3.19. The largest absolute Gasteiger partial charge is 0.493 e. The molecule has 0 bridgehead atoms. The van der Waals surface area contributed by atoms with Crippen LogP contribution in [-0.4, -0.2) is 25.0 Å². The molecule has 0 aliphatic heterocycles. The van der Waals surface area contributed by atoms with Crippen LogP contribution in [0.25, 0.3) is 0 Å². The number of rotatable bonds is 7. The Labute approximate surface area is 158 Å². The summed E-state index contributed by atoms with van der Waals surface area (Å²) in [7, 11) is 1.62. The Hall–Kier alpha value is -3.02. The molecule has 3 rings (SSSR count). The van der Waals surface area contributed by atoms with Crippen molar-refractivity contribution in [3.05, 3.63) is 59.7 Å². The molecule has 1 aliphatic carbocycles. The molecule has 2 N–H and O–H groups in total. The highest BCUT2D eigenvalue weighted by Crippen LogP contribution is 2.33. The Bertz CT molecular complexity index is 799. The summed E-state index contributed by atoms with van der Waals surface area (Å²) in [6, 6.07) is 15.4. The number of carbonyl (C=O) groups excluding carboxylic acids is 1. The minimum Gasteiger partial charge on any atom is -0.493 e. The number of oxime groups is 1. The number of amides is 1. The summed E-state index contributed by atoms with van der Waals surface area (Å²) in [6.45, 7) is 0. The third kappa shape index (κ3) is 5.23. The minimum atomic E-state index is -0.948. The molecule has 0 atom stereocenters. The molecule has 0 unspecified atom stereocenters. The van der Waals surface area contributed by atoms with Crippen LogP contribution < -0.4 is 15.2 Å². The minimum absolute atomic E-state index is 0.200. The predicted molar refractivity (Wildman–Crippen MR) is 103 cm³/mol. The van der Waals surface area contributed by atoms with Crippen molar-refractivity contribution in [3.8, 4) is 11.5 Å². The first-order valence-electron chi connectivity index (χ1n) is 9.08. The maximum Gasteiger partial charge on any atom is 0.430 e. The number of hydrogen-bond donors (Lipinski definition) is 1. The molecule has 2 aromatic carbocycles. The summed E-state index contributed by atoms with van der Waals surface area (Å²) in [5.41, 5.74) is 7.49. The van der Waals surface area contributed by atoms with Gasteiger partial charge in [-0.2, -0.15) is 0 Å². The molecule has 27 heavy (non-hydrogen) atoms. The number of methoxy groups -OCH3 is 1. The van der Waals surface area contributed by atoms with E-state index in [1.165, 1.54) is 12.8 Å². The first-order chi connectivity index (χ1) is 13.2. The van der Waals surface area contributed by atoms with Gasteiger partial charge in [0.2, 0.25) is 0 Å². The lowest BCUT2D eigenvalue weighted by molar-refractivity contribution is 0.161. The van der Waals surface area contributed by atoms with E-state index < -0.39 is 6.09 Å². The third-order valence-electron chi connectivity index (χ3n) is 4.55. The standard InChI is InChI=1S/C21H24N2O4/c1-25-19-12-11-16(14-20(19)26-17-9-5-6-10-17)18(23-27-21(22)24)13-15-7-3-2-4-8-15/h2-4,7-8,11-12,14,17H,5-6,9-10,13H2,1H3,(H2,22,24). The Balaban J connectivity index is 1.90. The van der Waals surface area contributed by atoms with Gasteiger partial charge in [-0.1, -0.05) is 35.5 Å². The van der Waals surface area contributed by atoms with E-state index >= 15 is 0 Å². The van der Waals surface area contributed by atoms with E-state index in [1.54, 1.807) is 7.11 Å². The molecule has 0 heterocycles. The van der Waals surface area contributed by atoms with Crippen molar-refractivity contribution < 1.29 is 19.1 Å². The molecule has 0 aromatic heterocycles. The zero-order chi connectivity index (χ0) is 19.1. The topological polar surface area (TPSA) is 83.1 Å². The fourth-order valence-electron chi connectivity index (χ4n) is 3.21. The fraction of sp³-hybridized carbons (Fsp3) is 0.333. The zero-order valence-electron chi connectivity index (χ0n) is 15.4. The molecule has 1 saturated carbocycles. The van der Waals surface area contributed by atoms with E-state index in [0.717, 1.165) is 24.0 Å². The highest BCUT2D eigenvalue weighted by Gasteiger charge is 2.19. The Morgan fingerprint density at radius 2 is 1.85 bits per heavy atom. The molecule has 6 heteroatoms. The summed E-state index contributed by atoms with van der Waals surface area (Å²) >= 11 is 0.